The van der Waals surface area contributed by atoms with Crippen molar-refractivity contribution in [2.75, 3.05) is 0 Å². The maximum Gasteiger partial charge on any atom is 0.237 e. The van der Waals surface area contributed by atoms with E-state index in [2.05, 4.69) is 20.8 Å². The van der Waals surface area contributed by atoms with Crippen molar-refractivity contribution in [3.05, 3.63) is 30.6 Å². The van der Waals surface area contributed by atoms with Gasteiger partial charge in [0.05, 0.1) is 0 Å². The zero-order valence-electron chi connectivity index (χ0n) is 7.79. The molecule has 0 spiro atoms. The number of pyridine rings is 1. The van der Waals surface area contributed by atoms with Crippen molar-refractivity contribution in [3.63, 3.8) is 0 Å². The lowest BCUT2D eigenvalue weighted by atomic mass is 9.96. The second-order valence-electron chi connectivity index (χ2n) is 4.02. The summed E-state index contributed by atoms with van der Waals surface area (Å²) in [6, 6.07) is 5.96. The van der Waals surface area contributed by atoms with E-state index in [1.54, 1.807) is 0 Å². The summed E-state index contributed by atoms with van der Waals surface area (Å²) >= 11 is 6.25. The van der Waals surface area contributed by atoms with Gasteiger partial charge in [-0.1, -0.05) is 26.8 Å². The van der Waals surface area contributed by atoms with E-state index < -0.39 is 0 Å². The molecule has 1 aromatic rings. The van der Waals surface area contributed by atoms with Crippen molar-refractivity contribution in [1.29, 1.82) is 0 Å². The average molecular weight is 185 g/mol. The lowest BCUT2D eigenvalue weighted by Crippen LogP contribution is -2.42. The predicted octanol–water partition coefficient (Wildman–Crippen LogP) is 2.76. The minimum Gasteiger partial charge on any atom is -0.187 e. The van der Waals surface area contributed by atoms with Crippen molar-refractivity contribution < 1.29 is 4.57 Å². The second kappa shape index (κ2) is 3.44. The Balaban J connectivity index is 2.86. The van der Waals surface area contributed by atoms with Gasteiger partial charge in [-0.25, -0.2) is 0 Å². The quantitative estimate of drug-likeness (QED) is 0.467. The van der Waals surface area contributed by atoms with E-state index in [1.807, 2.05) is 35.2 Å². The van der Waals surface area contributed by atoms with Crippen LogP contribution in [-0.4, -0.2) is 0 Å². The van der Waals surface area contributed by atoms with Crippen LogP contribution in [0.15, 0.2) is 30.6 Å². The van der Waals surface area contributed by atoms with Crippen LogP contribution in [0.3, 0.4) is 0 Å². The second-order valence-corrected chi connectivity index (χ2v) is 4.44. The Morgan fingerprint density at radius 3 is 2.00 bits per heavy atom. The van der Waals surface area contributed by atoms with Gasteiger partial charge < -0.3 is 0 Å². The number of nitrogens with zero attached hydrogens (tertiary/aromatic N) is 1. The summed E-state index contributed by atoms with van der Waals surface area (Å²) in [7, 11) is 0. The summed E-state index contributed by atoms with van der Waals surface area (Å²) in [4.78, 5) is 0. The zero-order chi connectivity index (χ0) is 9.19. The van der Waals surface area contributed by atoms with Gasteiger partial charge in [0.1, 0.15) is 0 Å². The minimum absolute atomic E-state index is 0.0127. The van der Waals surface area contributed by atoms with Crippen LogP contribution >= 0.6 is 11.6 Å². The number of alkyl halides is 1. The number of rotatable bonds is 1. The molecule has 1 atom stereocenters. The fraction of sp³-hybridized carbons (Fsp3) is 0.500. The Labute approximate surface area is 79.0 Å². The summed E-state index contributed by atoms with van der Waals surface area (Å²) in [6.45, 7) is 6.39. The van der Waals surface area contributed by atoms with Crippen molar-refractivity contribution in [2.24, 2.45) is 5.41 Å². The maximum absolute atomic E-state index is 6.25. The molecule has 0 fully saturated rings. The van der Waals surface area contributed by atoms with E-state index in [4.69, 9.17) is 11.6 Å². The van der Waals surface area contributed by atoms with E-state index in [-0.39, 0.29) is 10.9 Å². The zero-order valence-corrected chi connectivity index (χ0v) is 8.55. The molecule has 0 saturated carbocycles. The van der Waals surface area contributed by atoms with Gasteiger partial charge in [0, 0.05) is 17.5 Å². The van der Waals surface area contributed by atoms with Crippen molar-refractivity contribution in [1.82, 2.24) is 0 Å². The fourth-order valence-corrected chi connectivity index (χ4v) is 1.14. The van der Waals surface area contributed by atoms with Crippen LogP contribution in [0.4, 0.5) is 0 Å². The largest absolute Gasteiger partial charge is 0.237 e. The Bertz CT molecular complexity index is 238. The van der Waals surface area contributed by atoms with E-state index in [0.29, 0.717) is 0 Å². The van der Waals surface area contributed by atoms with Crippen LogP contribution in [-0.2, 0) is 0 Å². The number of aromatic nitrogens is 1. The lowest BCUT2D eigenvalue weighted by molar-refractivity contribution is -0.714. The number of hydrogen-bond acceptors (Lipinski definition) is 0. The smallest absolute Gasteiger partial charge is 0.187 e. The Hall–Kier alpha value is -0.560. The molecule has 0 radical (unpaired) electrons. The number of halogens is 1. The Kier molecular flexibility index (Phi) is 2.73. The number of hydrogen-bond donors (Lipinski definition) is 0. The molecule has 1 nitrogen and oxygen atoms in total. The molecule has 0 aliphatic heterocycles. The highest BCUT2D eigenvalue weighted by Gasteiger charge is 2.29. The van der Waals surface area contributed by atoms with Gasteiger partial charge in [0.15, 0.2) is 12.4 Å². The highest BCUT2D eigenvalue weighted by Crippen LogP contribution is 2.28. The van der Waals surface area contributed by atoms with E-state index >= 15 is 0 Å². The molecule has 0 amide bonds. The molecule has 1 unspecified atom stereocenters. The Morgan fingerprint density at radius 2 is 1.58 bits per heavy atom. The maximum atomic E-state index is 6.25. The molecule has 0 aliphatic rings. The molecular formula is C10H15ClN+. The molecule has 1 rings (SSSR count). The van der Waals surface area contributed by atoms with Gasteiger partial charge in [0.2, 0.25) is 5.50 Å². The lowest BCUT2D eigenvalue weighted by Gasteiger charge is -2.19. The van der Waals surface area contributed by atoms with Crippen molar-refractivity contribution >= 4 is 11.6 Å². The van der Waals surface area contributed by atoms with Crippen LogP contribution in [0.5, 0.6) is 0 Å². The van der Waals surface area contributed by atoms with Gasteiger partial charge in [-0.3, -0.25) is 0 Å². The van der Waals surface area contributed by atoms with Crippen molar-refractivity contribution in [3.8, 4) is 0 Å². The topological polar surface area (TPSA) is 3.88 Å². The summed E-state index contributed by atoms with van der Waals surface area (Å²) in [5.74, 6) is 0. The average Bonchev–Trinajstić information content (AvgIpc) is 2.03. The van der Waals surface area contributed by atoms with Gasteiger partial charge >= 0.3 is 0 Å². The molecule has 0 aromatic carbocycles. The van der Waals surface area contributed by atoms with Crippen LogP contribution in [0, 0.1) is 5.41 Å². The SMILES string of the molecule is CC(C)(C)C(Cl)[n+]1ccccc1. The molecule has 0 aliphatic carbocycles. The summed E-state index contributed by atoms with van der Waals surface area (Å²) in [5, 5.41) is 0. The molecule has 2 heteroatoms. The molecule has 66 valence electrons. The van der Waals surface area contributed by atoms with Gasteiger partial charge in [0.25, 0.3) is 0 Å². The molecule has 0 bridgehead atoms. The first-order chi connectivity index (χ1) is 5.52. The van der Waals surface area contributed by atoms with Gasteiger partial charge in [-0.15, -0.1) is 0 Å². The molecule has 12 heavy (non-hydrogen) atoms. The van der Waals surface area contributed by atoms with E-state index in [0.717, 1.165) is 0 Å². The summed E-state index contributed by atoms with van der Waals surface area (Å²) in [6.07, 6.45) is 3.98. The highest BCUT2D eigenvalue weighted by atomic mass is 35.5. The molecule has 1 aromatic heterocycles. The molecule has 0 N–H and O–H groups in total. The molecule has 1 heterocycles. The van der Waals surface area contributed by atoms with E-state index in [1.165, 1.54) is 0 Å². The third-order valence-corrected chi connectivity index (χ3v) is 2.60. The van der Waals surface area contributed by atoms with Gasteiger partial charge in [-0.05, 0) is 11.6 Å². The van der Waals surface area contributed by atoms with Crippen molar-refractivity contribution in [2.45, 2.75) is 26.3 Å². The first-order valence-electron chi connectivity index (χ1n) is 4.11. The van der Waals surface area contributed by atoms with Crippen LogP contribution in [0.2, 0.25) is 0 Å². The van der Waals surface area contributed by atoms with Crippen LogP contribution in [0.1, 0.15) is 26.3 Å². The van der Waals surface area contributed by atoms with Gasteiger partial charge in [-0.2, -0.15) is 4.57 Å². The molecular weight excluding hydrogens is 170 g/mol. The van der Waals surface area contributed by atoms with Crippen LogP contribution in [0.25, 0.3) is 0 Å². The summed E-state index contributed by atoms with van der Waals surface area (Å²) < 4.78 is 2.02. The predicted molar refractivity (Wildman–Crippen MR) is 51.0 cm³/mol. The standard InChI is InChI=1S/C10H15ClN/c1-10(2,3)9(11)12-7-5-4-6-8-12/h4-9H,1-3H3/q+1. The fourth-order valence-electron chi connectivity index (χ4n) is 1.01. The first-order valence-corrected chi connectivity index (χ1v) is 4.55. The molecule has 0 saturated heterocycles. The first kappa shape index (κ1) is 9.53. The minimum atomic E-state index is 0.0127. The van der Waals surface area contributed by atoms with E-state index in [9.17, 15) is 0 Å². The third kappa shape index (κ3) is 2.21. The van der Waals surface area contributed by atoms with Crippen LogP contribution < -0.4 is 4.57 Å². The normalized spacial score (nSPS) is 14.3. The monoisotopic (exact) mass is 184 g/mol. The highest BCUT2D eigenvalue weighted by molar-refractivity contribution is 6.18. The third-order valence-electron chi connectivity index (χ3n) is 1.72. The summed E-state index contributed by atoms with van der Waals surface area (Å²) in [5.41, 5.74) is 0.104. The Morgan fingerprint density at radius 1 is 1.08 bits per heavy atom.